The van der Waals surface area contributed by atoms with Gasteiger partial charge in [0.15, 0.2) is 0 Å². The van der Waals surface area contributed by atoms with E-state index in [1.165, 1.54) is 308 Å². The van der Waals surface area contributed by atoms with Crippen LogP contribution in [0.15, 0.2) is 0 Å². The zero-order chi connectivity index (χ0) is 94.6. The highest BCUT2D eigenvalue weighted by Crippen LogP contribution is 2.73. The molecular formula is C96H216F4O12P4S8. The van der Waals surface area contributed by atoms with Gasteiger partial charge in [-0.25, -0.2) is 50.0 Å². The summed E-state index contributed by atoms with van der Waals surface area (Å²) in [6.07, 6.45) is 110. The topological polar surface area (TPSA) is 142 Å². The number of hydrogen-bond donors (Lipinski definition) is 0. The van der Waals surface area contributed by atoms with Crippen LogP contribution in [0.2, 0.25) is 0 Å². The molecule has 0 aromatic rings. The summed E-state index contributed by atoms with van der Waals surface area (Å²) in [6.45, 7) is 17.9. The molecule has 124 heavy (non-hydrogen) atoms. The number of unbranched alkanes of at least 4 members (excludes halogenated alkanes) is 56. The second-order valence-corrected chi connectivity index (χ2v) is 73.7. The average Bonchev–Trinajstić information content (AvgIpc) is 0.856. The monoisotopic (exact) mass is 2020 g/mol. The van der Waals surface area contributed by atoms with Crippen molar-refractivity contribution in [2.45, 2.75) is 466 Å². The van der Waals surface area contributed by atoms with E-state index < -0.39 is 114 Å². The van der Waals surface area contributed by atoms with Gasteiger partial charge in [-0.1, -0.05) is 415 Å². The van der Waals surface area contributed by atoms with Gasteiger partial charge < -0.3 is 0 Å². The highest BCUT2D eigenvalue weighted by atomic mass is 32.3. The van der Waals surface area contributed by atoms with E-state index in [2.05, 4.69) is 55.4 Å². The van der Waals surface area contributed by atoms with Crippen LogP contribution in [0.5, 0.6) is 0 Å². The van der Waals surface area contributed by atoms with Crippen molar-refractivity contribution in [1.29, 1.82) is 0 Å². The molecule has 0 heterocycles. The Morgan fingerprint density at radius 3 is 0.274 bits per heavy atom. The van der Waals surface area contributed by atoms with Gasteiger partial charge in [0.1, 0.15) is 0 Å². The number of halogens is 4. The molecule has 0 N–H and O–H groups in total. The van der Waals surface area contributed by atoms with Crippen molar-refractivity contribution in [1.82, 2.24) is 0 Å². The zero-order valence-corrected chi connectivity index (χ0v) is 96.5. The van der Waals surface area contributed by atoms with Crippen molar-refractivity contribution in [2.75, 3.05) is 146 Å². The first-order chi connectivity index (χ1) is 58.1. The van der Waals surface area contributed by atoms with Gasteiger partial charge in [0.05, 0.1) is 0 Å². The SMILES string of the molecule is CCCCCCCCCCS(C)(C)OP(=O)(F)OS(C)(C)CCCCCCCCCC.CCCCCCCCCCS(C)(C)OP(=O)(F)OS(C)(C)CCCCCCCCCC.CCCCCCCCCCS(C)(C)OP(=O)(F)OS(C)(C)CCCCCCCCCC.CCCCCCCCCCS(C)(C)OP(=O)(F)OS(C)(C)CCCCCCCCCC. The predicted octanol–water partition coefficient (Wildman–Crippen LogP) is 41.3. The molecule has 0 aromatic heterocycles. The summed E-state index contributed by atoms with van der Waals surface area (Å²) in [7, 11) is -31.7. The summed E-state index contributed by atoms with van der Waals surface area (Å²) < 4.78 is 153. The minimum absolute atomic E-state index is 0.785. The van der Waals surface area contributed by atoms with Crippen molar-refractivity contribution in [2.24, 2.45) is 0 Å². The molecule has 0 atom stereocenters. The summed E-state index contributed by atoms with van der Waals surface area (Å²) in [4.78, 5) is 0. The maximum atomic E-state index is 14.7. The summed E-state index contributed by atoms with van der Waals surface area (Å²) >= 11 is 0. The van der Waals surface area contributed by atoms with E-state index in [9.17, 15) is 35.0 Å². The van der Waals surface area contributed by atoms with Crippen molar-refractivity contribution in [3.8, 4) is 0 Å². The van der Waals surface area contributed by atoms with Crippen molar-refractivity contribution >= 4 is 114 Å². The van der Waals surface area contributed by atoms with Crippen LogP contribution in [-0.4, -0.2) is 146 Å². The van der Waals surface area contributed by atoms with Gasteiger partial charge >= 0.3 is 31.6 Å². The smallest absolute Gasteiger partial charge is 0.234 e. The molecule has 0 rings (SSSR count). The quantitative estimate of drug-likeness (QED) is 0.0325. The molecule has 0 unspecified atom stereocenters. The van der Waals surface area contributed by atoms with Crippen LogP contribution in [0.25, 0.3) is 0 Å². The molecule has 12 nitrogen and oxygen atoms in total. The molecule has 0 aliphatic heterocycles. The molecule has 0 saturated heterocycles. The van der Waals surface area contributed by atoms with E-state index in [1.54, 1.807) is 0 Å². The molecule has 0 bridgehead atoms. The van der Waals surface area contributed by atoms with Gasteiger partial charge in [-0.15, -0.1) is 99.3 Å². The first-order valence-electron chi connectivity index (χ1n) is 50.7. The van der Waals surface area contributed by atoms with Gasteiger partial charge in [0.2, 0.25) is 0 Å². The standard InChI is InChI=1S/4C24H54FO3PS2/c4*1-7-9-11-13-15-17-19-21-23-30(3,4)27-29(25,26)28-31(5,6)24-22-20-18-16-14-12-10-8-2/h4*7-24H2,1-6H3. The van der Waals surface area contributed by atoms with E-state index in [-0.39, 0.29) is 0 Å². The number of rotatable bonds is 88. The third kappa shape index (κ3) is 99.6. The molecule has 0 amide bonds. The van der Waals surface area contributed by atoms with Crippen LogP contribution in [0.4, 0.5) is 16.8 Å². The Morgan fingerprint density at radius 1 is 0.137 bits per heavy atom. The maximum Gasteiger partial charge on any atom is 0.532 e. The van der Waals surface area contributed by atoms with Crippen LogP contribution < -0.4 is 0 Å². The highest BCUT2D eigenvalue weighted by molar-refractivity contribution is 8.34. The van der Waals surface area contributed by atoms with Crippen LogP contribution in [0, 0.1) is 0 Å². The van der Waals surface area contributed by atoms with Crippen LogP contribution in [0.1, 0.15) is 466 Å². The fraction of sp³-hybridized carbons (Fsp3) is 1.00. The Kier molecular flexibility index (Phi) is 88.3. The summed E-state index contributed by atoms with van der Waals surface area (Å²) in [5.41, 5.74) is 0. The minimum atomic E-state index is -4.51. The molecule has 0 fully saturated rings. The Morgan fingerprint density at radius 2 is 0.202 bits per heavy atom. The van der Waals surface area contributed by atoms with E-state index >= 15 is 0 Å². The first kappa shape index (κ1) is 133. The van der Waals surface area contributed by atoms with E-state index in [0.29, 0.717) is 0 Å². The van der Waals surface area contributed by atoms with Crippen LogP contribution in [0.3, 0.4) is 0 Å². The third-order valence-electron chi connectivity index (χ3n) is 22.2. The Bertz CT molecular complexity index is 2090. The average molecular weight is 2020 g/mol. The lowest BCUT2D eigenvalue weighted by Gasteiger charge is -2.36. The van der Waals surface area contributed by atoms with Gasteiger partial charge in [-0.2, -0.15) is 0 Å². The van der Waals surface area contributed by atoms with Gasteiger partial charge in [-0.3, -0.25) is 0 Å². The van der Waals surface area contributed by atoms with Crippen molar-refractivity contribution in [3.63, 3.8) is 0 Å². The van der Waals surface area contributed by atoms with Crippen molar-refractivity contribution < 1.29 is 66.8 Å². The summed E-state index contributed by atoms with van der Waals surface area (Å²) in [5.74, 6) is 6.28. The molecule has 0 aliphatic rings. The van der Waals surface area contributed by atoms with Crippen LogP contribution in [-0.2, 0) is 50.0 Å². The Hall–Kier alpha value is 3.12. The van der Waals surface area contributed by atoms with E-state index in [4.69, 9.17) is 31.8 Å². The second-order valence-electron chi connectivity index (χ2n) is 39.2. The van der Waals surface area contributed by atoms with E-state index in [1.807, 2.05) is 100 Å². The first-order valence-corrected chi connectivity index (χ1v) is 76.8. The predicted molar refractivity (Wildman–Crippen MR) is 579 cm³/mol. The molecule has 0 radical (unpaired) electrons. The normalized spacial score (nSPS) is 14.2. The lowest BCUT2D eigenvalue weighted by Crippen LogP contribution is -2.08. The lowest BCUT2D eigenvalue weighted by molar-refractivity contribution is 0.365. The molecule has 0 saturated carbocycles. The molecule has 0 aromatic carbocycles. The Balaban J connectivity index is -0.000000774. The molecule has 28 heteroatoms. The second kappa shape index (κ2) is 82.1. The lowest BCUT2D eigenvalue weighted by atomic mass is 10.1. The fourth-order valence-corrected chi connectivity index (χ4v) is 41.2. The third-order valence-corrected chi connectivity index (χ3v) is 51.0. The minimum Gasteiger partial charge on any atom is -0.234 e. The van der Waals surface area contributed by atoms with Gasteiger partial charge in [0, 0.05) is 0 Å². The van der Waals surface area contributed by atoms with E-state index in [0.717, 1.165) is 149 Å². The molecule has 768 valence electrons. The molecular weight excluding hydrogens is 1800 g/mol. The highest BCUT2D eigenvalue weighted by Gasteiger charge is 2.40. The van der Waals surface area contributed by atoms with Gasteiger partial charge in [-0.05, 0) is 197 Å². The molecule has 0 spiro atoms. The zero-order valence-electron chi connectivity index (χ0n) is 86.4. The summed E-state index contributed by atoms with van der Waals surface area (Å²) in [6, 6.07) is 0. The van der Waals surface area contributed by atoms with Crippen LogP contribution >= 0.6 is 114 Å². The maximum absolute atomic E-state index is 14.7. The summed E-state index contributed by atoms with van der Waals surface area (Å²) in [5, 5.41) is 0. The van der Waals surface area contributed by atoms with Crippen molar-refractivity contribution in [3.05, 3.63) is 0 Å². The number of hydrogen-bond acceptors (Lipinski definition) is 12. The largest absolute Gasteiger partial charge is 0.532 e. The molecule has 0 aliphatic carbocycles. The Labute approximate surface area is 786 Å². The van der Waals surface area contributed by atoms with Gasteiger partial charge in [0.25, 0.3) is 0 Å². The fourth-order valence-electron chi connectivity index (χ4n) is 14.9.